The minimum atomic E-state index is -0.655. The van der Waals surface area contributed by atoms with Crippen molar-refractivity contribution in [2.75, 3.05) is 20.2 Å². The van der Waals surface area contributed by atoms with Crippen molar-refractivity contribution in [3.63, 3.8) is 0 Å². The zero-order valence-electron chi connectivity index (χ0n) is 10.5. The molecule has 0 aromatic heterocycles. The fraction of sp³-hybridized carbons (Fsp3) is 0.538. The van der Waals surface area contributed by atoms with Gasteiger partial charge in [-0.3, -0.25) is 0 Å². The highest BCUT2D eigenvalue weighted by molar-refractivity contribution is 6.31. The maximum absolute atomic E-state index is 10.1. The molecule has 0 fully saturated rings. The largest absolute Gasteiger partial charge is 0.496 e. The monoisotopic (exact) mass is 257 g/mol. The minimum absolute atomic E-state index is 0.471. The first-order valence-electron chi connectivity index (χ1n) is 5.77. The molecule has 1 rings (SSSR count). The Kier molecular flexibility index (Phi) is 5.75. The summed E-state index contributed by atoms with van der Waals surface area (Å²) in [6.07, 6.45) is -0.655. The smallest absolute Gasteiger partial charge is 0.126 e. The van der Waals surface area contributed by atoms with Gasteiger partial charge in [-0.25, -0.2) is 0 Å². The van der Waals surface area contributed by atoms with Crippen LogP contribution in [0.25, 0.3) is 0 Å². The fourth-order valence-electron chi connectivity index (χ4n) is 1.63. The molecule has 96 valence electrons. The molecule has 0 aliphatic carbocycles. The zero-order valence-corrected chi connectivity index (χ0v) is 11.3. The van der Waals surface area contributed by atoms with Gasteiger partial charge in [-0.05, 0) is 24.6 Å². The summed E-state index contributed by atoms with van der Waals surface area (Å²) in [6, 6.07) is 5.36. The number of hydrogen-bond donors (Lipinski definition) is 2. The summed E-state index contributed by atoms with van der Waals surface area (Å²) in [5.74, 6) is 1.17. The van der Waals surface area contributed by atoms with E-state index >= 15 is 0 Å². The van der Waals surface area contributed by atoms with E-state index in [-0.39, 0.29) is 0 Å². The van der Waals surface area contributed by atoms with Gasteiger partial charge in [-0.2, -0.15) is 0 Å². The number of nitrogens with one attached hydrogen (secondary N) is 1. The van der Waals surface area contributed by atoms with E-state index in [0.717, 1.165) is 6.54 Å². The molecular formula is C13H20ClNO2. The van der Waals surface area contributed by atoms with Crippen LogP contribution in [0.2, 0.25) is 5.02 Å². The highest BCUT2D eigenvalue weighted by Crippen LogP contribution is 2.31. The van der Waals surface area contributed by atoms with Crippen molar-refractivity contribution < 1.29 is 9.84 Å². The van der Waals surface area contributed by atoms with Crippen LogP contribution >= 0.6 is 11.6 Å². The van der Waals surface area contributed by atoms with E-state index in [1.165, 1.54) is 0 Å². The molecule has 0 saturated carbocycles. The lowest BCUT2D eigenvalue weighted by Crippen LogP contribution is -2.25. The van der Waals surface area contributed by atoms with Gasteiger partial charge in [-0.15, -0.1) is 0 Å². The van der Waals surface area contributed by atoms with Gasteiger partial charge in [0.1, 0.15) is 5.75 Å². The van der Waals surface area contributed by atoms with E-state index in [1.54, 1.807) is 25.3 Å². The average Bonchev–Trinajstić information content (AvgIpc) is 2.27. The van der Waals surface area contributed by atoms with Gasteiger partial charge in [-0.1, -0.05) is 31.5 Å². The molecule has 3 nitrogen and oxygen atoms in total. The SMILES string of the molecule is COc1cccc(Cl)c1C(O)CNCC(C)C. The summed E-state index contributed by atoms with van der Waals surface area (Å²) in [6.45, 7) is 5.58. The van der Waals surface area contributed by atoms with Crippen LogP contribution in [-0.2, 0) is 0 Å². The van der Waals surface area contributed by atoms with Crippen LogP contribution in [0.5, 0.6) is 5.75 Å². The Bertz CT molecular complexity index is 355. The third-order valence-electron chi connectivity index (χ3n) is 2.46. The van der Waals surface area contributed by atoms with Crippen LogP contribution in [0, 0.1) is 5.92 Å². The van der Waals surface area contributed by atoms with Gasteiger partial charge < -0.3 is 15.2 Å². The summed E-state index contributed by atoms with van der Waals surface area (Å²) in [7, 11) is 1.57. The lowest BCUT2D eigenvalue weighted by atomic mass is 10.1. The standard InChI is InChI=1S/C13H20ClNO2/c1-9(2)7-15-8-11(16)13-10(14)5-4-6-12(13)17-3/h4-6,9,11,15-16H,7-8H2,1-3H3. The van der Waals surface area contributed by atoms with Crippen molar-refractivity contribution in [1.29, 1.82) is 0 Å². The molecule has 0 heterocycles. The summed E-state index contributed by atoms with van der Waals surface area (Å²) < 4.78 is 5.20. The second kappa shape index (κ2) is 6.84. The van der Waals surface area contributed by atoms with Gasteiger partial charge in [0.25, 0.3) is 0 Å². The fourth-order valence-corrected chi connectivity index (χ4v) is 1.92. The van der Waals surface area contributed by atoms with E-state index in [0.29, 0.717) is 28.8 Å². The molecule has 17 heavy (non-hydrogen) atoms. The summed E-state index contributed by atoms with van der Waals surface area (Å²) in [5.41, 5.74) is 0.646. The number of aliphatic hydroxyl groups excluding tert-OH is 1. The number of hydrogen-bond acceptors (Lipinski definition) is 3. The van der Waals surface area contributed by atoms with E-state index in [4.69, 9.17) is 16.3 Å². The first kappa shape index (κ1) is 14.3. The second-order valence-electron chi connectivity index (χ2n) is 4.42. The highest BCUT2D eigenvalue weighted by Gasteiger charge is 2.16. The van der Waals surface area contributed by atoms with E-state index in [9.17, 15) is 5.11 Å². The third-order valence-corrected chi connectivity index (χ3v) is 2.79. The van der Waals surface area contributed by atoms with Crippen LogP contribution in [0.15, 0.2) is 18.2 Å². The van der Waals surface area contributed by atoms with Gasteiger partial charge in [0, 0.05) is 12.1 Å². The molecule has 0 amide bonds. The Hall–Kier alpha value is -0.770. The van der Waals surface area contributed by atoms with Crippen LogP contribution in [0.1, 0.15) is 25.5 Å². The first-order valence-corrected chi connectivity index (χ1v) is 6.15. The minimum Gasteiger partial charge on any atom is -0.496 e. The molecule has 0 saturated heterocycles. The molecular weight excluding hydrogens is 238 g/mol. The van der Waals surface area contributed by atoms with Gasteiger partial charge >= 0.3 is 0 Å². The van der Waals surface area contributed by atoms with Crippen molar-refractivity contribution in [3.8, 4) is 5.75 Å². The summed E-state index contributed by atoms with van der Waals surface area (Å²) in [5, 5.41) is 13.8. The van der Waals surface area contributed by atoms with E-state index < -0.39 is 6.10 Å². The van der Waals surface area contributed by atoms with Crippen molar-refractivity contribution >= 4 is 11.6 Å². The van der Waals surface area contributed by atoms with Crippen LogP contribution in [-0.4, -0.2) is 25.3 Å². The number of halogens is 1. The van der Waals surface area contributed by atoms with Crippen LogP contribution in [0.3, 0.4) is 0 Å². The number of benzene rings is 1. The topological polar surface area (TPSA) is 41.5 Å². The number of rotatable bonds is 6. The van der Waals surface area contributed by atoms with Crippen LogP contribution < -0.4 is 10.1 Å². The molecule has 0 aliphatic heterocycles. The molecule has 0 spiro atoms. The van der Waals surface area contributed by atoms with Gasteiger partial charge in [0.05, 0.1) is 18.2 Å². The van der Waals surface area contributed by atoms with Crippen molar-refractivity contribution in [2.45, 2.75) is 20.0 Å². The molecule has 1 atom stereocenters. The average molecular weight is 258 g/mol. The number of methoxy groups -OCH3 is 1. The predicted octanol–water partition coefficient (Wildman–Crippen LogP) is 2.63. The van der Waals surface area contributed by atoms with Gasteiger partial charge in [0.2, 0.25) is 0 Å². The normalized spacial score (nSPS) is 12.8. The Morgan fingerprint density at radius 2 is 2.06 bits per heavy atom. The molecule has 0 radical (unpaired) electrons. The summed E-state index contributed by atoms with van der Waals surface area (Å²) >= 11 is 6.08. The Labute approximate surface area is 108 Å². The maximum atomic E-state index is 10.1. The lowest BCUT2D eigenvalue weighted by molar-refractivity contribution is 0.169. The van der Waals surface area contributed by atoms with Gasteiger partial charge in [0.15, 0.2) is 0 Å². The third kappa shape index (κ3) is 4.19. The molecule has 1 aromatic rings. The number of ether oxygens (including phenoxy) is 1. The predicted molar refractivity (Wildman–Crippen MR) is 70.7 cm³/mol. The molecule has 4 heteroatoms. The highest BCUT2D eigenvalue weighted by atomic mass is 35.5. The summed E-state index contributed by atoms with van der Waals surface area (Å²) in [4.78, 5) is 0. The van der Waals surface area contributed by atoms with Crippen molar-refractivity contribution in [2.24, 2.45) is 5.92 Å². The zero-order chi connectivity index (χ0) is 12.8. The molecule has 0 aliphatic rings. The first-order chi connectivity index (χ1) is 8.06. The van der Waals surface area contributed by atoms with E-state index in [1.807, 2.05) is 0 Å². The Morgan fingerprint density at radius 3 is 2.65 bits per heavy atom. The molecule has 0 bridgehead atoms. The Balaban J connectivity index is 2.70. The number of aliphatic hydroxyl groups is 1. The molecule has 1 aromatic carbocycles. The lowest BCUT2D eigenvalue weighted by Gasteiger charge is -2.17. The Morgan fingerprint density at radius 1 is 1.35 bits per heavy atom. The molecule has 1 unspecified atom stereocenters. The second-order valence-corrected chi connectivity index (χ2v) is 4.83. The van der Waals surface area contributed by atoms with E-state index in [2.05, 4.69) is 19.2 Å². The van der Waals surface area contributed by atoms with Crippen molar-refractivity contribution in [1.82, 2.24) is 5.32 Å². The maximum Gasteiger partial charge on any atom is 0.126 e. The quantitative estimate of drug-likeness (QED) is 0.823. The molecule has 2 N–H and O–H groups in total. The van der Waals surface area contributed by atoms with Crippen molar-refractivity contribution in [3.05, 3.63) is 28.8 Å². The van der Waals surface area contributed by atoms with Crippen LogP contribution in [0.4, 0.5) is 0 Å².